The summed E-state index contributed by atoms with van der Waals surface area (Å²) in [5, 5.41) is 0. The Morgan fingerprint density at radius 2 is 2.00 bits per heavy atom. The van der Waals surface area contributed by atoms with Crippen LogP contribution in [0.2, 0.25) is 0 Å². The molecule has 2 heterocycles. The van der Waals surface area contributed by atoms with Gasteiger partial charge in [-0.05, 0) is 44.4 Å². The largest absolute Gasteiger partial charge is 0.368 e. The lowest BCUT2D eigenvalue weighted by atomic mass is 9.93. The summed E-state index contributed by atoms with van der Waals surface area (Å²) in [5.74, 6) is 0.123. The van der Waals surface area contributed by atoms with E-state index in [0.29, 0.717) is 18.8 Å². The maximum Gasteiger partial charge on any atom is 0.272 e. The van der Waals surface area contributed by atoms with Crippen LogP contribution in [0, 0.1) is 5.92 Å². The SMILES string of the molecule is CS(=O)(=O)CC1CCCN(C(=O)c2nc(N)nc3c2CCCC3)C1. The number of fused-ring (bicyclic) bond motifs is 1. The molecule has 2 N–H and O–H groups in total. The van der Waals surface area contributed by atoms with Crippen LogP contribution in [0.15, 0.2) is 0 Å². The van der Waals surface area contributed by atoms with E-state index in [9.17, 15) is 13.2 Å². The van der Waals surface area contributed by atoms with E-state index in [2.05, 4.69) is 9.97 Å². The van der Waals surface area contributed by atoms with Gasteiger partial charge in [0.1, 0.15) is 15.5 Å². The number of rotatable bonds is 3. The Hall–Kier alpha value is -1.70. The molecule has 1 aliphatic heterocycles. The van der Waals surface area contributed by atoms with Gasteiger partial charge in [0.25, 0.3) is 5.91 Å². The molecule has 1 fully saturated rings. The predicted molar refractivity (Wildman–Crippen MR) is 91.4 cm³/mol. The number of anilines is 1. The fraction of sp³-hybridized carbons (Fsp3) is 0.688. The summed E-state index contributed by atoms with van der Waals surface area (Å²) < 4.78 is 23.1. The normalized spacial score (nSPS) is 21.4. The summed E-state index contributed by atoms with van der Waals surface area (Å²) in [7, 11) is -3.04. The van der Waals surface area contributed by atoms with Crippen LogP contribution in [0.1, 0.15) is 47.4 Å². The number of amides is 1. The molecule has 1 unspecified atom stereocenters. The minimum atomic E-state index is -3.04. The molecule has 1 amide bonds. The van der Waals surface area contributed by atoms with E-state index >= 15 is 0 Å². The standard InChI is InChI=1S/C16H24N4O3S/c1-24(22,23)10-11-5-4-8-20(9-11)15(21)14-12-6-2-3-7-13(12)18-16(17)19-14/h11H,2-10H2,1H3,(H2,17,18,19). The number of piperidine rings is 1. The number of nitrogens with two attached hydrogens (primary N) is 1. The average molecular weight is 352 g/mol. The molecule has 0 spiro atoms. The van der Waals surface area contributed by atoms with Crippen LogP contribution in [0.3, 0.4) is 0 Å². The van der Waals surface area contributed by atoms with Crippen LogP contribution in [0.4, 0.5) is 5.95 Å². The fourth-order valence-electron chi connectivity index (χ4n) is 3.75. The van der Waals surface area contributed by atoms with Crippen LogP contribution in [-0.2, 0) is 22.7 Å². The molecule has 8 heteroatoms. The summed E-state index contributed by atoms with van der Waals surface area (Å²) in [6.45, 7) is 1.10. The van der Waals surface area contributed by atoms with E-state index in [4.69, 9.17) is 5.73 Å². The number of nitrogens with zero attached hydrogens (tertiary/aromatic N) is 3. The Morgan fingerprint density at radius 3 is 2.75 bits per heavy atom. The summed E-state index contributed by atoms with van der Waals surface area (Å²) in [6, 6.07) is 0. The molecule has 1 saturated heterocycles. The van der Waals surface area contributed by atoms with E-state index in [0.717, 1.165) is 49.8 Å². The first-order valence-electron chi connectivity index (χ1n) is 8.46. The molecule has 3 rings (SSSR count). The lowest BCUT2D eigenvalue weighted by Gasteiger charge is -2.33. The van der Waals surface area contributed by atoms with Gasteiger partial charge in [0.05, 0.1) is 5.75 Å². The van der Waals surface area contributed by atoms with Crippen molar-refractivity contribution < 1.29 is 13.2 Å². The molecule has 1 aliphatic carbocycles. The van der Waals surface area contributed by atoms with E-state index in [1.807, 2.05) is 0 Å². The number of aryl methyl sites for hydroxylation is 1. The molecule has 0 bridgehead atoms. The van der Waals surface area contributed by atoms with Crippen molar-refractivity contribution in [3.63, 3.8) is 0 Å². The first-order chi connectivity index (χ1) is 11.3. The van der Waals surface area contributed by atoms with Crippen molar-refractivity contribution in [2.24, 2.45) is 5.92 Å². The van der Waals surface area contributed by atoms with Crippen LogP contribution in [0.25, 0.3) is 0 Å². The molecular weight excluding hydrogens is 328 g/mol. The molecule has 1 aromatic heterocycles. The van der Waals surface area contributed by atoms with Gasteiger partial charge in [-0.3, -0.25) is 4.79 Å². The molecule has 24 heavy (non-hydrogen) atoms. The zero-order chi connectivity index (χ0) is 17.3. The Balaban J connectivity index is 1.82. The van der Waals surface area contributed by atoms with Crippen molar-refractivity contribution in [1.29, 1.82) is 0 Å². The number of likely N-dealkylation sites (tertiary alicyclic amines) is 1. The summed E-state index contributed by atoms with van der Waals surface area (Å²) in [5.41, 5.74) is 8.01. The second-order valence-electron chi connectivity index (χ2n) is 6.91. The minimum absolute atomic E-state index is 0.00675. The van der Waals surface area contributed by atoms with E-state index in [1.54, 1.807) is 4.90 Å². The molecule has 2 aliphatic rings. The van der Waals surface area contributed by atoms with Crippen molar-refractivity contribution >= 4 is 21.7 Å². The smallest absolute Gasteiger partial charge is 0.272 e. The second kappa shape index (κ2) is 6.66. The predicted octanol–water partition coefficient (Wildman–Crippen LogP) is 0.834. The van der Waals surface area contributed by atoms with E-state index in [1.165, 1.54) is 6.26 Å². The third-order valence-corrected chi connectivity index (χ3v) is 5.82. The number of carbonyl (C=O) groups is 1. The quantitative estimate of drug-likeness (QED) is 0.864. The number of hydrogen-bond acceptors (Lipinski definition) is 6. The highest BCUT2D eigenvalue weighted by Gasteiger charge is 2.30. The molecule has 1 atom stereocenters. The van der Waals surface area contributed by atoms with Gasteiger partial charge < -0.3 is 10.6 Å². The van der Waals surface area contributed by atoms with Gasteiger partial charge in [-0.15, -0.1) is 0 Å². The van der Waals surface area contributed by atoms with Gasteiger partial charge in [-0.2, -0.15) is 0 Å². The molecule has 7 nitrogen and oxygen atoms in total. The van der Waals surface area contributed by atoms with Crippen molar-refractivity contribution in [1.82, 2.24) is 14.9 Å². The van der Waals surface area contributed by atoms with Crippen LogP contribution in [-0.4, -0.2) is 54.3 Å². The van der Waals surface area contributed by atoms with Crippen molar-refractivity contribution in [2.75, 3.05) is 30.8 Å². The lowest BCUT2D eigenvalue weighted by Crippen LogP contribution is -2.42. The monoisotopic (exact) mass is 352 g/mol. The third-order valence-electron chi connectivity index (χ3n) is 4.75. The third kappa shape index (κ3) is 3.85. The maximum absolute atomic E-state index is 13.0. The number of carbonyl (C=O) groups excluding carboxylic acids is 1. The zero-order valence-electron chi connectivity index (χ0n) is 14.0. The molecule has 132 valence electrons. The Bertz CT molecular complexity index is 748. The van der Waals surface area contributed by atoms with Gasteiger partial charge >= 0.3 is 0 Å². The molecule has 0 radical (unpaired) electrons. The van der Waals surface area contributed by atoms with Crippen molar-refractivity contribution in [3.05, 3.63) is 17.0 Å². The summed E-state index contributed by atoms with van der Waals surface area (Å²) in [4.78, 5) is 23.2. The molecule has 0 aromatic carbocycles. The van der Waals surface area contributed by atoms with Crippen molar-refractivity contribution in [2.45, 2.75) is 38.5 Å². The fourth-order valence-corrected chi connectivity index (χ4v) is 4.88. The Morgan fingerprint density at radius 1 is 1.25 bits per heavy atom. The first-order valence-corrected chi connectivity index (χ1v) is 10.5. The Labute approximate surface area is 142 Å². The first kappa shape index (κ1) is 17.1. The van der Waals surface area contributed by atoms with Crippen LogP contribution in [0.5, 0.6) is 0 Å². The molecular formula is C16H24N4O3S. The maximum atomic E-state index is 13.0. The van der Waals surface area contributed by atoms with E-state index in [-0.39, 0.29) is 23.5 Å². The number of sulfone groups is 1. The zero-order valence-corrected chi connectivity index (χ0v) is 14.8. The van der Waals surface area contributed by atoms with Crippen LogP contribution >= 0.6 is 0 Å². The van der Waals surface area contributed by atoms with E-state index < -0.39 is 9.84 Å². The lowest BCUT2D eigenvalue weighted by molar-refractivity contribution is 0.0676. The van der Waals surface area contributed by atoms with Crippen LogP contribution < -0.4 is 5.73 Å². The number of nitrogen functional groups attached to an aromatic ring is 1. The number of hydrogen-bond donors (Lipinski definition) is 1. The number of aromatic nitrogens is 2. The highest BCUT2D eigenvalue weighted by Crippen LogP contribution is 2.26. The van der Waals surface area contributed by atoms with Gasteiger partial charge in [-0.25, -0.2) is 18.4 Å². The van der Waals surface area contributed by atoms with Gasteiger partial charge in [-0.1, -0.05) is 0 Å². The Kier molecular flexibility index (Phi) is 4.76. The minimum Gasteiger partial charge on any atom is -0.368 e. The second-order valence-corrected chi connectivity index (χ2v) is 9.10. The topological polar surface area (TPSA) is 106 Å². The van der Waals surface area contributed by atoms with Crippen molar-refractivity contribution in [3.8, 4) is 0 Å². The average Bonchev–Trinajstić information content (AvgIpc) is 2.52. The molecule has 0 saturated carbocycles. The summed E-state index contributed by atoms with van der Waals surface area (Å²) in [6.07, 6.45) is 6.61. The summed E-state index contributed by atoms with van der Waals surface area (Å²) >= 11 is 0. The van der Waals surface area contributed by atoms with Gasteiger partial charge in [0, 0.05) is 30.6 Å². The highest BCUT2D eigenvalue weighted by molar-refractivity contribution is 7.90. The van der Waals surface area contributed by atoms with Gasteiger partial charge in [0.2, 0.25) is 5.95 Å². The molecule has 1 aromatic rings. The van der Waals surface area contributed by atoms with Gasteiger partial charge in [0.15, 0.2) is 0 Å². The highest BCUT2D eigenvalue weighted by atomic mass is 32.2.